The lowest BCUT2D eigenvalue weighted by Crippen LogP contribution is -2.20. The maximum absolute atomic E-state index is 10.7. The predicted octanol–water partition coefficient (Wildman–Crippen LogP) is 5.48. The number of hydrogen-bond donors (Lipinski definition) is 0. The molecule has 0 aliphatic carbocycles. The molecule has 2 aromatic rings. The van der Waals surface area contributed by atoms with Crippen LogP contribution in [0.2, 0.25) is 0 Å². The molecule has 0 N–H and O–H groups in total. The molecule has 0 heterocycles. The zero-order valence-electron chi connectivity index (χ0n) is 18.3. The molecule has 160 valence electrons. The molecule has 0 atom stereocenters. The largest absolute Gasteiger partial charge is 0.493 e. The number of nitro groups is 1. The highest BCUT2D eigenvalue weighted by Crippen LogP contribution is 2.28. The maximum Gasteiger partial charge on any atom is 0.269 e. The van der Waals surface area contributed by atoms with Crippen molar-refractivity contribution in [3.63, 3.8) is 0 Å². The van der Waals surface area contributed by atoms with Crippen molar-refractivity contribution in [1.29, 1.82) is 0 Å². The van der Waals surface area contributed by atoms with Crippen molar-refractivity contribution in [3.8, 4) is 11.5 Å². The van der Waals surface area contributed by atoms with Crippen molar-refractivity contribution >= 4 is 5.69 Å². The Labute approximate surface area is 174 Å². The number of likely N-dealkylation sites (N-methyl/N-ethyl adjacent to an activating group) is 1. The number of hydrogen-bond acceptors (Lipinski definition) is 5. The van der Waals surface area contributed by atoms with Crippen LogP contribution in [-0.4, -0.2) is 37.1 Å². The van der Waals surface area contributed by atoms with E-state index in [2.05, 4.69) is 18.9 Å². The lowest BCUT2D eigenvalue weighted by molar-refractivity contribution is -0.384. The van der Waals surface area contributed by atoms with E-state index in [1.807, 2.05) is 44.2 Å². The molecule has 2 rings (SSSR count). The molecule has 0 fully saturated rings. The van der Waals surface area contributed by atoms with Gasteiger partial charge in [0.1, 0.15) is 0 Å². The predicted molar refractivity (Wildman–Crippen MR) is 118 cm³/mol. The van der Waals surface area contributed by atoms with E-state index < -0.39 is 0 Å². The van der Waals surface area contributed by atoms with Gasteiger partial charge in [-0.15, -0.1) is 0 Å². The van der Waals surface area contributed by atoms with Gasteiger partial charge in [0.15, 0.2) is 11.5 Å². The molecule has 0 amide bonds. The average Bonchev–Trinajstić information content (AvgIpc) is 2.74. The number of ether oxygens (including phenoxy) is 2. The molecule has 6 nitrogen and oxygen atoms in total. The van der Waals surface area contributed by atoms with Gasteiger partial charge >= 0.3 is 0 Å². The van der Waals surface area contributed by atoms with Gasteiger partial charge < -0.3 is 14.4 Å². The first-order chi connectivity index (χ1) is 14.0. The van der Waals surface area contributed by atoms with E-state index in [1.54, 1.807) is 19.2 Å². The van der Waals surface area contributed by atoms with Crippen LogP contribution in [-0.2, 0) is 13.0 Å². The molecule has 0 aliphatic rings. The van der Waals surface area contributed by atoms with Crippen molar-refractivity contribution in [3.05, 3.63) is 63.7 Å². The van der Waals surface area contributed by atoms with E-state index in [4.69, 9.17) is 9.47 Å². The van der Waals surface area contributed by atoms with Crippen LogP contribution in [0.5, 0.6) is 11.5 Å². The lowest BCUT2D eigenvalue weighted by atomic mass is 10.1. The number of benzene rings is 2. The summed E-state index contributed by atoms with van der Waals surface area (Å²) in [6, 6.07) is 12.8. The van der Waals surface area contributed by atoms with Crippen LogP contribution in [0, 0.1) is 10.1 Å². The molecular formula is C23H34N2O4. The van der Waals surface area contributed by atoms with Gasteiger partial charge in [0.2, 0.25) is 0 Å². The van der Waals surface area contributed by atoms with Gasteiger partial charge in [0.05, 0.1) is 18.6 Å². The fourth-order valence-electron chi connectivity index (χ4n) is 2.75. The minimum Gasteiger partial charge on any atom is -0.493 e. The molecule has 0 saturated heterocycles. The third kappa shape index (κ3) is 8.52. The number of non-ortho nitro benzene ring substituents is 1. The molecule has 0 bridgehead atoms. The highest BCUT2D eigenvalue weighted by Gasteiger charge is 2.09. The van der Waals surface area contributed by atoms with Crippen molar-refractivity contribution in [2.75, 3.05) is 27.3 Å². The Hall–Kier alpha value is -2.60. The van der Waals surface area contributed by atoms with Crippen molar-refractivity contribution < 1.29 is 14.4 Å². The fraction of sp³-hybridized carbons (Fsp3) is 0.478. The molecule has 0 spiro atoms. The third-order valence-electron chi connectivity index (χ3n) is 4.37. The third-order valence-corrected chi connectivity index (χ3v) is 4.37. The van der Waals surface area contributed by atoms with Crippen LogP contribution in [0.15, 0.2) is 42.5 Å². The number of methoxy groups -OCH3 is 1. The Bertz CT molecular complexity index is 732. The van der Waals surface area contributed by atoms with E-state index >= 15 is 0 Å². The second-order valence-corrected chi connectivity index (χ2v) is 6.60. The van der Waals surface area contributed by atoms with E-state index in [1.165, 1.54) is 0 Å². The van der Waals surface area contributed by atoms with Crippen LogP contribution in [0.3, 0.4) is 0 Å². The maximum atomic E-state index is 10.7. The summed E-state index contributed by atoms with van der Waals surface area (Å²) in [4.78, 5) is 12.6. The summed E-state index contributed by atoms with van der Waals surface area (Å²) in [7, 11) is 3.71. The number of rotatable bonds is 11. The Morgan fingerprint density at radius 3 is 2.28 bits per heavy atom. The van der Waals surface area contributed by atoms with Gasteiger partial charge in [0, 0.05) is 25.2 Å². The lowest BCUT2D eigenvalue weighted by Gasteiger charge is -2.18. The zero-order chi connectivity index (χ0) is 21.6. The summed E-state index contributed by atoms with van der Waals surface area (Å²) in [5.41, 5.74) is 2.38. The first kappa shape index (κ1) is 24.4. The molecule has 0 aliphatic heterocycles. The van der Waals surface area contributed by atoms with Gasteiger partial charge in [-0.05, 0) is 43.1 Å². The Kier molecular flexibility index (Phi) is 11.4. The van der Waals surface area contributed by atoms with Crippen LogP contribution in [0.25, 0.3) is 0 Å². The second kappa shape index (κ2) is 13.6. The average molecular weight is 403 g/mol. The van der Waals surface area contributed by atoms with E-state index in [0.717, 1.165) is 55.0 Å². The molecule has 0 unspecified atom stereocenters. The fourth-order valence-corrected chi connectivity index (χ4v) is 2.75. The molecule has 0 radical (unpaired) electrons. The molecule has 2 aromatic carbocycles. The van der Waals surface area contributed by atoms with Gasteiger partial charge in [0.25, 0.3) is 5.69 Å². The Morgan fingerprint density at radius 2 is 1.69 bits per heavy atom. The minimum atomic E-state index is -0.375. The minimum absolute atomic E-state index is 0.126. The van der Waals surface area contributed by atoms with Crippen LogP contribution < -0.4 is 9.47 Å². The monoisotopic (exact) mass is 402 g/mol. The summed E-state index contributed by atoms with van der Waals surface area (Å²) >= 11 is 0. The van der Waals surface area contributed by atoms with Crippen LogP contribution in [0.4, 0.5) is 5.69 Å². The van der Waals surface area contributed by atoms with Crippen LogP contribution in [0.1, 0.15) is 44.7 Å². The summed E-state index contributed by atoms with van der Waals surface area (Å²) < 4.78 is 11.2. The molecule has 0 saturated carbocycles. The van der Waals surface area contributed by atoms with Gasteiger partial charge in [-0.1, -0.05) is 45.4 Å². The summed E-state index contributed by atoms with van der Waals surface area (Å²) in [5, 5.41) is 10.7. The van der Waals surface area contributed by atoms with Gasteiger partial charge in [-0.25, -0.2) is 0 Å². The topological polar surface area (TPSA) is 64.8 Å². The second-order valence-electron chi connectivity index (χ2n) is 6.60. The van der Waals surface area contributed by atoms with Crippen molar-refractivity contribution in [2.24, 2.45) is 0 Å². The summed E-state index contributed by atoms with van der Waals surface area (Å²) in [6.07, 6.45) is 2.94. The Balaban J connectivity index is 0.00000204. The zero-order valence-corrected chi connectivity index (χ0v) is 18.3. The SMILES string of the molecule is CC.CCCCOc1cc(CN(C)CCc2ccc([N+](=O)[O-])cc2)ccc1OC. The van der Waals surface area contributed by atoms with Crippen molar-refractivity contribution in [2.45, 2.75) is 46.6 Å². The van der Waals surface area contributed by atoms with Crippen molar-refractivity contribution in [1.82, 2.24) is 4.90 Å². The first-order valence-corrected chi connectivity index (χ1v) is 10.2. The highest BCUT2D eigenvalue weighted by molar-refractivity contribution is 5.43. The summed E-state index contributed by atoms with van der Waals surface area (Å²) in [5.74, 6) is 1.54. The first-order valence-electron chi connectivity index (χ1n) is 10.2. The van der Waals surface area contributed by atoms with E-state index in [0.29, 0.717) is 6.61 Å². The normalized spacial score (nSPS) is 10.3. The number of nitrogens with zero attached hydrogens (tertiary/aromatic N) is 2. The van der Waals surface area contributed by atoms with E-state index in [9.17, 15) is 10.1 Å². The smallest absolute Gasteiger partial charge is 0.269 e. The highest BCUT2D eigenvalue weighted by atomic mass is 16.6. The number of unbranched alkanes of at least 4 members (excludes halogenated alkanes) is 1. The van der Waals surface area contributed by atoms with Gasteiger partial charge in [-0.2, -0.15) is 0 Å². The Morgan fingerprint density at radius 1 is 1.03 bits per heavy atom. The summed E-state index contributed by atoms with van der Waals surface area (Å²) in [6.45, 7) is 8.47. The molecule has 6 heteroatoms. The molecule has 0 aromatic heterocycles. The molecule has 29 heavy (non-hydrogen) atoms. The standard InChI is InChI=1S/C21H28N2O4.C2H6/c1-4-5-14-27-21-15-18(8-11-20(21)26-3)16-22(2)13-12-17-6-9-19(10-7-17)23(24)25;1-2/h6-11,15H,4-5,12-14,16H2,1-3H3;1-2H3. The number of nitro benzene ring substituents is 1. The van der Waals surface area contributed by atoms with Crippen LogP contribution >= 0.6 is 0 Å². The molecular weight excluding hydrogens is 368 g/mol. The van der Waals surface area contributed by atoms with Gasteiger partial charge in [-0.3, -0.25) is 10.1 Å². The quantitative estimate of drug-likeness (QED) is 0.283. The van der Waals surface area contributed by atoms with E-state index in [-0.39, 0.29) is 10.6 Å².